The summed E-state index contributed by atoms with van der Waals surface area (Å²) in [7, 11) is 0. The Morgan fingerprint density at radius 3 is 2.58 bits per heavy atom. The molecule has 0 saturated carbocycles. The summed E-state index contributed by atoms with van der Waals surface area (Å²) in [5, 5.41) is 2.94. The van der Waals surface area contributed by atoms with Crippen molar-refractivity contribution in [2.24, 2.45) is 5.92 Å². The van der Waals surface area contributed by atoms with Gasteiger partial charge in [-0.25, -0.2) is 19.3 Å². The predicted molar refractivity (Wildman–Crippen MR) is 119 cm³/mol. The highest BCUT2D eigenvalue weighted by molar-refractivity contribution is 5.79. The molecule has 1 fully saturated rings. The molecule has 0 atom stereocenters. The summed E-state index contributed by atoms with van der Waals surface area (Å²) in [6.07, 6.45) is 5.10. The lowest BCUT2D eigenvalue weighted by atomic mass is 9.95. The molecule has 6 nitrogen and oxygen atoms in total. The van der Waals surface area contributed by atoms with Crippen LogP contribution in [0.3, 0.4) is 0 Å². The van der Waals surface area contributed by atoms with Crippen LogP contribution in [0.5, 0.6) is 0 Å². The standard InChI is InChI=1S/C24H28FN5O/c1-3-20-21(4-2)29-23-22(28-20)13-19(15-26-23)30-10-8-17(9-11-30)24(31)27-14-16-6-5-7-18(25)12-16/h5-7,12-13,15,17H,3-4,8-11,14H2,1-2H3,(H,27,31). The van der Waals surface area contributed by atoms with E-state index in [1.165, 1.54) is 12.1 Å². The molecule has 31 heavy (non-hydrogen) atoms. The number of amides is 1. The van der Waals surface area contributed by atoms with Crippen LogP contribution in [-0.4, -0.2) is 33.9 Å². The molecule has 4 rings (SSSR count). The Balaban J connectivity index is 1.37. The fourth-order valence-corrected chi connectivity index (χ4v) is 4.13. The zero-order valence-electron chi connectivity index (χ0n) is 18.1. The Morgan fingerprint density at radius 1 is 1.13 bits per heavy atom. The lowest BCUT2D eigenvalue weighted by Gasteiger charge is -2.32. The first kappa shape index (κ1) is 21.2. The fraction of sp³-hybridized carbons (Fsp3) is 0.417. The van der Waals surface area contributed by atoms with Crippen molar-refractivity contribution < 1.29 is 9.18 Å². The van der Waals surface area contributed by atoms with Crippen molar-refractivity contribution >= 4 is 22.8 Å². The number of carbonyl (C=O) groups excluding carboxylic acids is 1. The molecule has 162 valence electrons. The van der Waals surface area contributed by atoms with E-state index in [-0.39, 0.29) is 17.6 Å². The maximum Gasteiger partial charge on any atom is 0.223 e. The van der Waals surface area contributed by atoms with Gasteiger partial charge in [-0.1, -0.05) is 26.0 Å². The highest BCUT2D eigenvalue weighted by atomic mass is 19.1. The van der Waals surface area contributed by atoms with Gasteiger partial charge in [-0.3, -0.25) is 4.79 Å². The van der Waals surface area contributed by atoms with Gasteiger partial charge >= 0.3 is 0 Å². The second kappa shape index (κ2) is 9.37. The number of pyridine rings is 1. The predicted octanol–water partition coefficient (Wildman–Crippen LogP) is 3.82. The van der Waals surface area contributed by atoms with E-state index in [9.17, 15) is 9.18 Å². The lowest BCUT2D eigenvalue weighted by molar-refractivity contribution is -0.125. The fourth-order valence-electron chi connectivity index (χ4n) is 4.13. The van der Waals surface area contributed by atoms with Crippen LogP contribution < -0.4 is 10.2 Å². The average Bonchev–Trinajstić information content (AvgIpc) is 2.81. The van der Waals surface area contributed by atoms with Crippen LogP contribution in [0.4, 0.5) is 10.1 Å². The molecule has 1 amide bonds. The summed E-state index contributed by atoms with van der Waals surface area (Å²) in [5.74, 6) is -0.284. The van der Waals surface area contributed by atoms with Crippen molar-refractivity contribution in [2.45, 2.75) is 46.1 Å². The Labute approximate surface area is 181 Å². The summed E-state index contributed by atoms with van der Waals surface area (Å²) in [5.41, 5.74) is 5.34. The van der Waals surface area contributed by atoms with Gasteiger partial charge in [0.2, 0.25) is 5.91 Å². The van der Waals surface area contributed by atoms with E-state index in [1.54, 1.807) is 6.07 Å². The van der Waals surface area contributed by atoms with E-state index in [0.717, 1.165) is 66.9 Å². The van der Waals surface area contributed by atoms with E-state index in [2.05, 4.69) is 40.1 Å². The van der Waals surface area contributed by atoms with Crippen molar-refractivity contribution in [3.05, 3.63) is 59.3 Å². The number of nitrogens with one attached hydrogen (secondary N) is 1. The zero-order valence-corrected chi connectivity index (χ0v) is 18.1. The van der Waals surface area contributed by atoms with Gasteiger partial charge in [0.1, 0.15) is 11.3 Å². The summed E-state index contributed by atoms with van der Waals surface area (Å²) in [6, 6.07) is 8.38. The monoisotopic (exact) mass is 421 g/mol. The number of halogens is 1. The quantitative estimate of drug-likeness (QED) is 0.655. The molecule has 0 unspecified atom stereocenters. The number of hydrogen-bond acceptors (Lipinski definition) is 5. The molecule has 0 radical (unpaired) electrons. The van der Waals surface area contributed by atoms with Crippen molar-refractivity contribution in [2.75, 3.05) is 18.0 Å². The molecule has 1 N–H and O–H groups in total. The molecule has 3 aromatic rings. The first-order valence-electron chi connectivity index (χ1n) is 11.0. The van der Waals surface area contributed by atoms with Gasteiger partial charge in [0.05, 0.1) is 23.3 Å². The number of anilines is 1. The van der Waals surface area contributed by atoms with Gasteiger partial charge in [-0.15, -0.1) is 0 Å². The summed E-state index contributed by atoms with van der Waals surface area (Å²) in [4.78, 5) is 28.8. The Hall–Kier alpha value is -3.09. The van der Waals surface area contributed by atoms with E-state index in [1.807, 2.05) is 12.3 Å². The van der Waals surface area contributed by atoms with Gasteiger partial charge in [0.25, 0.3) is 0 Å². The molecule has 3 heterocycles. The van der Waals surface area contributed by atoms with E-state index < -0.39 is 0 Å². The third-order valence-electron chi connectivity index (χ3n) is 5.92. The van der Waals surface area contributed by atoms with Crippen molar-refractivity contribution in [3.63, 3.8) is 0 Å². The molecular weight excluding hydrogens is 393 g/mol. The van der Waals surface area contributed by atoms with Gasteiger partial charge in [-0.2, -0.15) is 0 Å². The van der Waals surface area contributed by atoms with Crippen LogP contribution in [0.2, 0.25) is 0 Å². The van der Waals surface area contributed by atoms with E-state index in [0.29, 0.717) is 12.2 Å². The van der Waals surface area contributed by atoms with E-state index in [4.69, 9.17) is 4.98 Å². The van der Waals surface area contributed by atoms with Gasteiger partial charge < -0.3 is 10.2 Å². The average molecular weight is 422 g/mol. The number of aromatic nitrogens is 3. The topological polar surface area (TPSA) is 71.0 Å². The molecule has 1 aliphatic heterocycles. The van der Waals surface area contributed by atoms with Crippen molar-refractivity contribution in [1.82, 2.24) is 20.3 Å². The van der Waals surface area contributed by atoms with Gasteiger partial charge in [0, 0.05) is 25.6 Å². The number of fused-ring (bicyclic) bond motifs is 1. The highest BCUT2D eigenvalue weighted by Crippen LogP contribution is 2.25. The van der Waals surface area contributed by atoms with Crippen LogP contribution >= 0.6 is 0 Å². The normalized spacial score (nSPS) is 14.7. The molecule has 0 spiro atoms. The maximum absolute atomic E-state index is 13.3. The van der Waals surface area contributed by atoms with Crippen molar-refractivity contribution in [3.8, 4) is 0 Å². The molecule has 1 aliphatic rings. The van der Waals surface area contributed by atoms with Crippen molar-refractivity contribution in [1.29, 1.82) is 0 Å². The number of carbonyl (C=O) groups is 1. The second-order valence-corrected chi connectivity index (χ2v) is 7.97. The minimum absolute atomic E-state index is 0.0307. The summed E-state index contributed by atoms with van der Waals surface area (Å²) >= 11 is 0. The third-order valence-corrected chi connectivity index (χ3v) is 5.92. The number of benzene rings is 1. The highest BCUT2D eigenvalue weighted by Gasteiger charge is 2.25. The molecule has 0 aliphatic carbocycles. The van der Waals surface area contributed by atoms with E-state index >= 15 is 0 Å². The number of piperidine rings is 1. The summed E-state index contributed by atoms with van der Waals surface area (Å²) < 4.78 is 13.3. The second-order valence-electron chi connectivity index (χ2n) is 7.97. The molecule has 1 saturated heterocycles. The van der Waals surface area contributed by atoms with Crippen LogP contribution in [0.15, 0.2) is 36.5 Å². The smallest absolute Gasteiger partial charge is 0.223 e. The molecule has 7 heteroatoms. The maximum atomic E-state index is 13.3. The molecule has 1 aromatic carbocycles. The SMILES string of the molecule is CCc1nc2cc(N3CCC(C(=O)NCc4cccc(F)c4)CC3)cnc2nc1CC. The zero-order chi connectivity index (χ0) is 21.8. The third kappa shape index (κ3) is 4.81. The van der Waals surface area contributed by atoms with Crippen LogP contribution in [0.25, 0.3) is 11.2 Å². The van der Waals surface area contributed by atoms with Gasteiger partial charge in [0.15, 0.2) is 5.65 Å². The summed E-state index contributed by atoms with van der Waals surface area (Å²) in [6.45, 7) is 6.10. The Bertz CT molecular complexity index is 1080. The molecule has 0 bridgehead atoms. The number of hydrogen-bond donors (Lipinski definition) is 1. The Morgan fingerprint density at radius 2 is 1.87 bits per heavy atom. The number of aryl methyl sites for hydroxylation is 2. The Kier molecular flexibility index (Phi) is 6.39. The number of rotatable bonds is 6. The molecular formula is C24H28FN5O. The number of nitrogens with zero attached hydrogens (tertiary/aromatic N) is 4. The first-order valence-corrected chi connectivity index (χ1v) is 11.0. The first-order chi connectivity index (χ1) is 15.1. The van der Waals surface area contributed by atoms with Crippen LogP contribution in [-0.2, 0) is 24.2 Å². The van der Waals surface area contributed by atoms with Gasteiger partial charge in [-0.05, 0) is 49.4 Å². The minimum Gasteiger partial charge on any atom is -0.370 e. The largest absolute Gasteiger partial charge is 0.370 e. The minimum atomic E-state index is -0.286. The van der Waals surface area contributed by atoms with Crippen LogP contribution in [0.1, 0.15) is 43.6 Å². The lowest BCUT2D eigenvalue weighted by Crippen LogP contribution is -2.40. The van der Waals surface area contributed by atoms with Crippen LogP contribution in [0, 0.1) is 11.7 Å². The molecule has 2 aromatic heterocycles.